The largest absolute Gasteiger partial charge is 0.444 e. The Labute approximate surface area is 108 Å². The van der Waals surface area contributed by atoms with Gasteiger partial charge in [-0.05, 0) is 58.7 Å². The molecule has 4 nitrogen and oxygen atoms in total. The van der Waals surface area contributed by atoms with Crippen LogP contribution in [0.15, 0.2) is 4.99 Å². The minimum absolute atomic E-state index is 0.196. The van der Waals surface area contributed by atoms with Gasteiger partial charge in [0.15, 0.2) is 0 Å². The predicted molar refractivity (Wildman–Crippen MR) is 70.4 cm³/mol. The van der Waals surface area contributed by atoms with E-state index in [1.807, 2.05) is 20.8 Å². The Morgan fingerprint density at radius 3 is 2.41 bits per heavy atom. The number of hydrogen-bond donors (Lipinski definition) is 1. The molecule has 1 aliphatic rings. The summed E-state index contributed by atoms with van der Waals surface area (Å²) in [6.45, 7) is 5.58. The molecule has 0 aliphatic heterocycles. The maximum atomic E-state index is 11.5. The highest BCUT2D eigenvalue weighted by molar-refractivity contribution is 7.78. The fourth-order valence-electron chi connectivity index (χ4n) is 1.90. The second kappa shape index (κ2) is 6.12. The number of amides is 1. The van der Waals surface area contributed by atoms with E-state index < -0.39 is 5.60 Å². The van der Waals surface area contributed by atoms with E-state index in [2.05, 4.69) is 27.7 Å². The van der Waals surface area contributed by atoms with Crippen LogP contribution in [-0.2, 0) is 4.74 Å². The first-order valence-corrected chi connectivity index (χ1v) is 6.38. The van der Waals surface area contributed by atoms with Gasteiger partial charge in [-0.15, -0.1) is 0 Å². The molecule has 17 heavy (non-hydrogen) atoms. The average molecular weight is 256 g/mol. The van der Waals surface area contributed by atoms with Crippen molar-refractivity contribution in [2.24, 2.45) is 4.99 Å². The molecule has 1 rings (SSSR count). The Hall–Kier alpha value is -0.930. The lowest BCUT2D eigenvalue weighted by molar-refractivity contribution is 0.0491. The fourth-order valence-corrected chi connectivity index (χ4v) is 2.05. The number of aliphatic imine (C=N–C) groups is 1. The third-order valence-corrected chi connectivity index (χ3v) is 2.76. The van der Waals surface area contributed by atoms with E-state index in [1.165, 1.54) is 0 Å². The number of carbonyl (C=O) groups excluding carboxylic acids is 1. The highest BCUT2D eigenvalue weighted by Crippen LogP contribution is 2.21. The summed E-state index contributed by atoms with van der Waals surface area (Å²) >= 11 is 4.59. The van der Waals surface area contributed by atoms with E-state index >= 15 is 0 Å². The van der Waals surface area contributed by atoms with E-state index in [9.17, 15) is 4.79 Å². The molecule has 0 saturated heterocycles. The van der Waals surface area contributed by atoms with Crippen LogP contribution in [0.5, 0.6) is 0 Å². The lowest BCUT2D eigenvalue weighted by Gasteiger charge is -2.28. The number of ether oxygens (including phenoxy) is 1. The van der Waals surface area contributed by atoms with Crippen molar-refractivity contribution < 1.29 is 9.53 Å². The molecular formula is C12H20N2O2S. The normalized spacial score (nSPS) is 24.6. The van der Waals surface area contributed by atoms with Crippen molar-refractivity contribution >= 4 is 23.5 Å². The topological polar surface area (TPSA) is 50.7 Å². The van der Waals surface area contributed by atoms with E-state index in [0.29, 0.717) is 0 Å². The maximum Gasteiger partial charge on any atom is 0.407 e. The van der Waals surface area contributed by atoms with Gasteiger partial charge >= 0.3 is 6.09 Å². The zero-order valence-corrected chi connectivity index (χ0v) is 11.5. The number of carbonyl (C=O) groups is 1. The van der Waals surface area contributed by atoms with Gasteiger partial charge < -0.3 is 10.1 Å². The number of thiocarbonyl (C=S) groups is 1. The van der Waals surface area contributed by atoms with Crippen molar-refractivity contribution in [3.05, 3.63) is 0 Å². The summed E-state index contributed by atoms with van der Waals surface area (Å²) in [5, 5.41) is 5.31. The van der Waals surface area contributed by atoms with Crippen LogP contribution in [0, 0.1) is 0 Å². The standard InChI is InChI=1S/C12H20N2O2S/c1-12(2,3)16-11(15)14-10-6-4-9(5-7-10)13-8-17/h9-10H,4-7H2,1-3H3,(H,14,15)/t9-,10-. The van der Waals surface area contributed by atoms with Gasteiger partial charge in [0, 0.05) is 6.04 Å². The average Bonchev–Trinajstić information content (AvgIpc) is 2.18. The summed E-state index contributed by atoms with van der Waals surface area (Å²) in [5.41, 5.74) is -0.442. The maximum absolute atomic E-state index is 11.5. The molecule has 0 unspecified atom stereocenters. The molecule has 1 fully saturated rings. The Bertz CT molecular complexity index is 311. The quantitative estimate of drug-likeness (QED) is 0.610. The van der Waals surface area contributed by atoms with Crippen molar-refractivity contribution in [3.63, 3.8) is 0 Å². The monoisotopic (exact) mass is 256 g/mol. The predicted octanol–water partition coefficient (Wildman–Crippen LogP) is 2.93. The van der Waals surface area contributed by atoms with Crippen LogP contribution < -0.4 is 5.32 Å². The Morgan fingerprint density at radius 2 is 1.94 bits per heavy atom. The van der Waals surface area contributed by atoms with Gasteiger partial charge in [-0.3, -0.25) is 0 Å². The number of alkyl carbamates (subject to hydrolysis) is 1. The van der Waals surface area contributed by atoms with Crippen molar-refractivity contribution in [3.8, 4) is 0 Å². The number of rotatable bonds is 2. The number of isothiocyanates is 1. The molecule has 96 valence electrons. The smallest absolute Gasteiger partial charge is 0.407 e. The molecule has 1 aliphatic carbocycles. The van der Waals surface area contributed by atoms with Crippen molar-refractivity contribution in [2.75, 3.05) is 0 Å². The highest BCUT2D eigenvalue weighted by Gasteiger charge is 2.24. The molecule has 0 heterocycles. The molecule has 0 radical (unpaired) electrons. The molecule has 1 N–H and O–H groups in total. The molecule has 0 aromatic heterocycles. The summed E-state index contributed by atoms with van der Waals surface area (Å²) < 4.78 is 5.21. The molecule has 0 atom stereocenters. The summed E-state index contributed by atoms with van der Waals surface area (Å²) in [6.07, 6.45) is 3.41. The summed E-state index contributed by atoms with van der Waals surface area (Å²) in [4.78, 5) is 15.6. The van der Waals surface area contributed by atoms with Crippen LogP contribution in [0.3, 0.4) is 0 Å². The van der Waals surface area contributed by atoms with E-state index in [4.69, 9.17) is 4.74 Å². The molecule has 5 heteroatoms. The van der Waals surface area contributed by atoms with Crippen LogP contribution in [0.4, 0.5) is 4.79 Å². The van der Waals surface area contributed by atoms with Gasteiger partial charge in [-0.1, -0.05) is 0 Å². The molecule has 1 saturated carbocycles. The van der Waals surface area contributed by atoms with E-state index in [-0.39, 0.29) is 18.2 Å². The van der Waals surface area contributed by atoms with E-state index in [0.717, 1.165) is 25.7 Å². The first-order chi connectivity index (χ1) is 7.90. The Kier molecular flexibility index (Phi) is 5.09. The lowest BCUT2D eigenvalue weighted by Crippen LogP contribution is -2.41. The van der Waals surface area contributed by atoms with Gasteiger partial charge in [0.05, 0.1) is 11.2 Å². The Morgan fingerprint density at radius 1 is 1.35 bits per heavy atom. The second-order valence-corrected chi connectivity index (χ2v) is 5.55. The molecular weight excluding hydrogens is 236 g/mol. The van der Waals surface area contributed by atoms with Crippen LogP contribution in [-0.4, -0.2) is 28.9 Å². The first-order valence-electron chi connectivity index (χ1n) is 5.97. The number of nitrogens with zero attached hydrogens (tertiary/aromatic N) is 1. The zero-order chi connectivity index (χ0) is 12.9. The van der Waals surface area contributed by atoms with Gasteiger partial charge in [0.1, 0.15) is 5.60 Å². The molecule has 1 amide bonds. The van der Waals surface area contributed by atoms with E-state index in [1.54, 1.807) is 0 Å². The number of hydrogen-bond acceptors (Lipinski definition) is 4. The Balaban J connectivity index is 2.31. The van der Waals surface area contributed by atoms with Crippen LogP contribution in [0.1, 0.15) is 46.5 Å². The molecule has 0 spiro atoms. The number of nitrogens with one attached hydrogen (secondary N) is 1. The van der Waals surface area contributed by atoms with Gasteiger partial charge in [-0.2, -0.15) is 0 Å². The van der Waals surface area contributed by atoms with Crippen LogP contribution >= 0.6 is 12.2 Å². The van der Waals surface area contributed by atoms with Crippen LogP contribution in [0.25, 0.3) is 0 Å². The minimum Gasteiger partial charge on any atom is -0.444 e. The zero-order valence-electron chi connectivity index (χ0n) is 10.7. The van der Waals surface area contributed by atoms with Gasteiger partial charge in [0.2, 0.25) is 0 Å². The molecule has 0 bridgehead atoms. The van der Waals surface area contributed by atoms with Crippen molar-refractivity contribution in [1.29, 1.82) is 0 Å². The SMILES string of the molecule is CC(C)(C)OC(=O)N[C@H]1CC[C@H](N=C=S)CC1. The van der Waals surface area contributed by atoms with Gasteiger partial charge in [-0.25, -0.2) is 9.79 Å². The van der Waals surface area contributed by atoms with Crippen LogP contribution in [0.2, 0.25) is 0 Å². The third-order valence-electron chi connectivity index (χ3n) is 2.65. The summed E-state index contributed by atoms with van der Waals surface area (Å²) in [5.74, 6) is 0. The highest BCUT2D eigenvalue weighted by atomic mass is 32.1. The second-order valence-electron chi connectivity index (χ2n) is 5.37. The summed E-state index contributed by atoms with van der Waals surface area (Å²) in [7, 11) is 0. The minimum atomic E-state index is -0.442. The molecule has 0 aromatic carbocycles. The molecule has 0 aromatic rings. The first kappa shape index (κ1) is 14.1. The third kappa shape index (κ3) is 5.80. The fraction of sp³-hybridized carbons (Fsp3) is 0.833. The summed E-state index contributed by atoms with van der Waals surface area (Å²) in [6, 6.07) is 0.477. The van der Waals surface area contributed by atoms with Crippen molar-refractivity contribution in [1.82, 2.24) is 5.32 Å². The van der Waals surface area contributed by atoms with Gasteiger partial charge in [0.25, 0.3) is 0 Å². The lowest BCUT2D eigenvalue weighted by atomic mass is 9.92. The van der Waals surface area contributed by atoms with Crippen molar-refractivity contribution in [2.45, 2.75) is 64.1 Å².